The zero-order chi connectivity index (χ0) is 59.1. The van der Waals surface area contributed by atoms with Crippen molar-refractivity contribution < 1.29 is 47.6 Å². The molecule has 0 aliphatic rings. The smallest absolute Gasteiger partial charge is 0.343 e. The van der Waals surface area contributed by atoms with Crippen LogP contribution in [0.3, 0.4) is 0 Å². The zero-order valence-corrected chi connectivity index (χ0v) is 50.2. The van der Waals surface area contributed by atoms with Gasteiger partial charge in [-0.3, -0.25) is 4.99 Å². The Hall–Kier alpha value is -7.53. The monoisotopic (exact) mass is 1140 g/mol. The third kappa shape index (κ3) is 26.4. The molecule has 6 aromatic carbocycles. The standard InChI is InChI=1S/C73H91NO10/c1-3-5-7-9-11-13-15-17-19-21-23-25-27-29-55-79-64-45-33-59(34-46-64)70(75)82-67-49-37-61(38-50-67)72(77)81-66-43-31-58(32-44-66)57-74-63-41-53-69(54-42-63)84-73(78)62-39-51-68(52-40-62)83-71(76)60-35-47-65(48-36-60)80-56-30-28-26-24-22-20-18-16-14-12-10-8-6-4-2/h31-54,57H,3-30,55-56H2,1-2H3. The molecule has 0 aliphatic carbocycles. The number of unbranched alkanes of at least 4 members (excludes halogenated alkanes) is 26. The zero-order valence-electron chi connectivity index (χ0n) is 50.2. The second-order valence-corrected chi connectivity index (χ2v) is 21.9. The van der Waals surface area contributed by atoms with Crippen LogP contribution in [-0.4, -0.2) is 43.3 Å². The Morgan fingerprint density at radius 1 is 0.286 bits per heavy atom. The lowest BCUT2D eigenvalue weighted by atomic mass is 10.0. The lowest BCUT2D eigenvalue weighted by Crippen LogP contribution is -2.10. The van der Waals surface area contributed by atoms with Gasteiger partial charge in [-0.1, -0.05) is 181 Å². The van der Waals surface area contributed by atoms with Crippen molar-refractivity contribution in [3.63, 3.8) is 0 Å². The molecule has 448 valence electrons. The van der Waals surface area contributed by atoms with Crippen molar-refractivity contribution >= 4 is 35.8 Å². The van der Waals surface area contributed by atoms with Gasteiger partial charge < -0.3 is 28.4 Å². The average molecular weight is 1140 g/mol. The molecule has 0 unspecified atom stereocenters. The SMILES string of the molecule is CCCCCCCCCCCCCCCCOc1ccc(C(=O)Oc2ccc(C(=O)Oc3ccc(C=Nc4ccc(OC(=O)c5ccc(OC(=O)c6ccc(OCCCCCCCCCCCCCCCC)cc6)cc5)cc4)cc3)cc2)cc1. The second kappa shape index (κ2) is 39.9. The molecule has 11 heteroatoms. The van der Waals surface area contributed by atoms with Crippen LogP contribution in [0.2, 0.25) is 0 Å². The van der Waals surface area contributed by atoms with E-state index >= 15 is 0 Å². The van der Waals surface area contributed by atoms with Crippen LogP contribution in [0, 0.1) is 0 Å². The average Bonchev–Trinajstić information content (AvgIpc) is 3.72. The van der Waals surface area contributed by atoms with Gasteiger partial charge in [0.2, 0.25) is 0 Å². The topological polar surface area (TPSA) is 136 Å². The highest BCUT2D eigenvalue weighted by molar-refractivity contribution is 5.94. The highest BCUT2D eigenvalue weighted by atomic mass is 16.5. The number of rotatable bonds is 42. The maximum Gasteiger partial charge on any atom is 0.343 e. The minimum absolute atomic E-state index is 0.288. The van der Waals surface area contributed by atoms with Gasteiger partial charge >= 0.3 is 23.9 Å². The summed E-state index contributed by atoms with van der Waals surface area (Å²) in [5.74, 6) is 0.549. The minimum atomic E-state index is -0.569. The van der Waals surface area contributed by atoms with Crippen LogP contribution in [0.5, 0.6) is 34.5 Å². The third-order valence-electron chi connectivity index (χ3n) is 14.8. The van der Waals surface area contributed by atoms with Gasteiger partial charge in [-0.25, -0.2) is 19.2 Å². The summed E-state index contributed by atoms with van der Waals surface area (Å²) in [6.07, 6.45) is 38.4. The van der Waals surface area contributed by atoms with Gasteiger partial charge in [0.25, 0.3) is 0 Å². The largest absolute Gasteiger partial charge is 0.494 e. The molecule has 0 amide bonds. The first-order valence-electron chi connectivity index (χ1n) is 31.5. The molecule has 0 aliphatic heterocycles. The van der Waals surface area contributed by atoms with Gasteiger partial charge in [-0.2, -0.15) is 0 Å². The molecule has 0 heterocycles. The number of hydrogen-bond acceptors (Lipinski definition) is 11. The third-order valence-corrected chi connectivity index (χ3v) is 14.8. The molecular weight excluding hydrogens is 1050 g/mol. The Kier molecular flexibility index (Phi) is 31.1. The van der Waals surface area contributed by atoms with Crippen LogP contribution in [0.25, 0.3) is 0 Å². The fourth-order valence-electron chi connectivity index (χ4n) is 9.70. The second-order valence-electron chi connectivity index (χ2n) is 21.9. The molecular formula is C73H91NO10. The summed E-state index contributed by atoms with van der Waals surface area (Å²) in [4.78, 5) is 56.2. The molecule has 0 atom stereocenters. The lowest BCUT2D eigenvalue weighted by Gasteiger charge is -2.09. The number of esters is 4. The fourth-order valence-corrected chi connectivity index (χ4v) is 9.70. The molecule has 6 rings (SSSR count). The molecule has 84 heavy (non-hydrogen) atoms. The van der Waals surface area contributed by atoms with Crippen molar-refractivity contribution in [2.45, 2.75) is 194 Å². The first kappa shape index (κ1) is 65.6. The van der Waals surface area contributed by atoms with E-state index in [2.05, 4.69) is 18.8 Å². The van der Waals surface area contributed by atoms with Crippen molar-refractivity contribution in [3.8, 4) is 34.5 Å². The molecule has 0 saturated carbocycles. The summed E-state index contributed by atoms with van der Waals surface area (Å²) >= 11 is 0. The Morgan fingerprint density at radius 2 is 0.512 bits per heavy atom. The molecule has 0 radical (unpaired) electrons. The van der Waals surface area contributed by atoms with Crippen LogP contribution in [-0.2, 0) is 0 Å². The Balaban J connectivity index is 0.805. The van der Waals surface area contributed by atoms with Gasteiger partial charge in [-0.15, -0.1) is 0 Å². The summed E-state index contributed by atoms with van der Waals surface area (Å²) < 4.78 is 34.1. The molecule has 11 nitrogen and oxygen atoms in total. The summed E-state index contributed by atoms with van der Waals surface area (Å²) in [5.41, 5.74) is 2.75. The lowest BCUT2D eigenvalue weighted by molar-refractivity contribution is 0.0720. The molecule has 6 aromatic rings. The molecule has 0 saturated heterocycles. The van der Waals surface area contributed by atoms with Gasteiger partial charge in [0.05, 0.1) is 41.2 Å². The van der Waals surface area contributed by atoms with Crippen molar-refractivity contribution in [1.29, 1.82) is 0 Å². The van der Waals surface area contributed by atoms with E-state index in [-0.39, 0.29) is 5.56 Å². The summed E-state index contributed by atoms with van der Waals surface area (Å²) in [7, 11) is 0. The normalized spacial score (nSPS) is 11.1. The van der Waals surface area contributed by atoms with E-state index in [1.165, 1.54) is 154 Å². The molecule has 0 bridgehead atoms. The summed E-state index contributed by atoms with van der Waals surface area (Å²) in [6, 6.07) is 39.9. The Morgan fingerprint density at radius 3 is 0.786 bits per heavy atom. The summed E-state index contributed by atoms with van der Waals surface area (Å²) in [6.45, 7) is 5.83. The Labute approximate surface area is 500 Å². The number of carbonyl (C=O) groups excluding carboxylic acids is 4. The number of benzene rings is 6. The highest BCUT2D eigenvalue weighted by Gasteiger charge is 2.15. The van der Waals surface area contributed by atoms with Crippen LogP contribution in [0.1, 0.15) is 241 Å². The summed E-state index contributed by atoms with van der Waals surface area (Å²) in [5, 5.41) is 0. The van der Waals surface area contributed by atoms with Crippen molar-refractivity contribution in [2.75, 3.05) is 13.2 Å². The van der Waals surface area contributed by atoms with E-state index in [0.29, 0.717) is 58.6 Å². The van der Waals surface area contributed by atoms with Crippen LogP contribution >= 0.6 is 0 Å². The first-order valence-corrected chi connectivity index (χ1v) is 31.5. The molecule has 0 aromatic heterocycles. The van der Waals surface area contributed by atoms with E-state index in [4.69, 9.17) is 28.4 Å². The Bertz CT molecular complexity index is 2610. The minimum Gasteiger partial charge on any atom is -0.494 e. The number of nitrogens with zero attached hydrogens (tertiary/aromatic N) is 1. The quantitative estimate of drug-likeness (QED) is 0.0158. The number of hydrogen-bond donors (Lipinski definition) is 0. The number of carbonyl (C=O) groups is 4. The maximum absolute atomic E-state index is 13.0. The number of ether oxygens (including phenoxy) is 6. The van der Waals surface area contributed by atoms with E-state index < -0.39 is 23.9 Å². The first-order chi connectivity index (χ1) is 41.3. The van der Waals surface area contributed by atoms with Crippen LogP contribution in [0.15, 0.2) is 151 Å². The van der Waals surface area contributed by atoms with Crippen LogP contribution < -0.4 is 28.4 Å². The van der Waals surface area contributed by atoms with Crippen molar-refractivity contribution in [3.05, 3.63) is 173 Å². The maximum atomic E-state index is 13.0. The van der Waals surface area contributed by atoms with Gasteiger partial charge in [0.1, 0.15) is 34.5 Å². The van der Waals surface area contributed by atoms with E-state index in [0.717, 1.165) is 42.7 Å². The molecule has 0 spiro atoms. The molecule has 0 N–H and O–H groups in total. The van der Waals surface area contributed by atoms with Crippen LogP contribution in [0.4, 0.5) is 5.69 Å². The van der Waals surface area contributed by atoms with E-state index in [1.807, 2.05) is 0 Å². The van der Waals surface area contributed by atoms with E-state index in [9.17, 15) is 19.2 Å². The number of aliphatic imine (C=N–C) groups is 1. The highest BCUT2D eigenvalue weighted by Crippen LogP contribution is 2.24. The van der Waals surface area contributed by atoms with Crippen molar-refractivity contribution in [1.82, 2.24) is 0 Å². The van der Waals surface area contributed by atoms with Crippen molar-refractivity contribution in [2.24, 2.45) is 4.99 Å². The fraction of sp³-hybridized carbons (Fsp3) is 0.438. The molecule has 0 fully saturated rings. The van der Waals surface area contributed by atoms with Gasteiger partial charge in [0, 0.05) is 6.21 Å². The predicted molar refractivity (Wildman–Crippen MR) is 337 cm³/mol. The van der Waals surface area contributed by atoms with Gasteiger partial charge in [-0.05, 0) is 164 Å². The van der Waals surface area contributed by atoms with E-state index in [1.54, 1.807) is 152 Å². The predicted octanol–water partition coefficient (Wildman–Crippen LogP) is 20.0. The van der Waals surface area contributed by atoms with Gasteiger partial charge in [0.15, 0.2) is 0 Å².